The molecule has 0 bridgehead atoms. The van der Waals surface area contributed by atoms with Crippen molar-refractivity contribution in [3.05, 3.63) is 70.9 Å². The van der Waals surface area contributed by atoms with Crippen LogP contribution in [-0.2, 0) is 20.9 Å². The number of rotatable bonds is 9. The standard InChI is InChI=1S/C27H30N6O3S/c1-5-27(3,4)29-26(36)25(23-11-8-16-37-23)33(20-14-12-19(13-15-20)28-18(2)34)24(35)17-32-22-10-7-6-9-21(22)30-31-32/h6-16,25H,5,17H2,1-4H3,(H,28,34)(H,29,36). The zero-order valence-electron chi connectivity index (χ0n) is 21.3. The molecule has 3 amide bonds. The highest BCUT2D eigenvalue weighted by Gasteiger charge is 2.36. The van der Waals surface area contributed by atoms with Crippen LogP contribution in [0.3, 0.4) is 0 Å². The molecule has 0 spiro atoms. The number of para-hydroxylation sites is 1. The Morgan fingerprint density at radius 2 is 1.78 bits per heavy atom. The van der Waals surface area contributed by atoms with E-state index in [0.717, 1.165) is 16.8 Å². The van der Waals surface area contributed by atoms with E-state index in [2.05, 4.69) is 20.9 Å². The summed E-state index contributed by atoms with van der Waals surface area (Å²) in [5, 5.41) is 16.1. The molecule has 0 aliphatic carbocycles. The van der Waals surface area contributed by atoms with E-state index in [-0.39, 0.29) is 24.3 Å². The Hall–Kier alpha value is -4.05. The van der Waals surface area contributed by atoms with Crippen LogP contribution in [0, 0.1) is 0 Å². The van der Waals surface area contributed by atoms with Gasteiger partial charge in [-0.05, 0) is 68.1 Å². The number of amides is 3. The Labute approximate surface area is 219 Å². The van der Waals surface area contributed by atoms with Crippen LogP contribution in [0.15, 0.2) is 66.0 Å². The lowest BCUT2D eigenvalue weighted by Crippen LogP contribution is -2.50. The van der Waals surface area contributed by atoms with Gasteiger partial charge in [0.2, 0.25) is 17.7 Å². The van der Waals surface area contributed by atoms with Gasteiger partial charge >= 0.3 is 0 Å². The number of anilines is 2. The number of benzene rings is 2. The molecule has 1 atom stereocenters. The van der Waals surface area contributed by atoms with E-state index < -0.39 is 11.6 Å². The zero-order chi connectivity index (χ0) is 26.6. The first-order valence-corrected chi connectivity index (χ1v) is 12.9. The van der Waals surface area contributed by atoms with Gasteiger partial charge in [0.1, 0.15) is 18.1 Å². The van der Waals surface area contributed by atoms with Crippen molar-refractivity contribution in [1.82, 2.24) is 20.3 Å². The van der Waals surface area contributed by atoms with Gasteiger partial charge in [-0.3, -0.25) is 19.3 Å². The van der Waals surface area contributed by atoms with Crippen LogP contribution in [0.4, 0.5) is 11.4 Å². The Kier molecular flexibility index (Phi) is 7.68. The molecule has 1 unspecified atom stereocenters. The van der Waals surface area contributed by atoms with Gasteiger partial charge in [-0.1, -0.05) is 30.3 Å². The van der Waals surface area contributed by atoms with Gasteiger partial charge < -0.3 is 10.6 Å². The molecule has 4 rings (SSSR count). The lowest BCUT2D eigenvalue weighted by atomic mass is 10.0. The van der Waals surface area contributed by atoms with E-state index in [1.165, 1.54) is 27.8 Å². The first-order valence-electron chi connectivity index (χ1n) is 12.0. The maximum atomic E-state index is 14.0. The summed E-state index contributed by atoms with van der Waals surface area (Å²) in [5.41, 5.74) is 2.06. The van der Waals surface area contributed by atoms with Crippen LogP contribution in [0.5, 0.6) is 0 Å². The highest BCUT2D eigenvalue weighted by Crippen LogP contribution is 2.32. The third-order valence-electron chi connectivity index (χ3n) is 6.10. The number of aromatic nitrogens is 3. The molecule has 2 aromatic carbocycles. The molecule has 2 aromatic heterocycles. The number of hydrogen-bond acceptors (Lipinski definition) is 6. The molecule has 0 aliphatic heterocycles. The highest BCUT2D eigenvalue weighted by molar-refractivity contribution is 7.10. The molecule has 0 saturated carbocycles. The van der Waals surface area contributed by atoms with Crippen molar-refractivity contribution in [3.63, 3.8) is 0 Å². The van der Waals surface area contributed by atoms with Crippen molar-refractivity contribution in [3.8, 4) is 0 Å². The molecule has 2 heterocycles. The largest absolute Gasteiger partial charge is 0.349 e. The fraction of sp³-hybridized carbons (Fsp3) is 0.296. The van der Waals surface area contributed by atoms with Crippen molar-refractivity contribution in [2.75, 3.05) is 10.2 Å². The van der Waals surface area contributed by atoms with Crippen LogP contribution in [0.25, 0.3) is 11.0 Å². The monoisotopic (exact) mass is 518 g/mol. The summed E-state index contributed by atoms with van der Waals surface area (Å²) in [5.74, 6) is -0.806. The first-order chi connectivity index (χ1) is 17.7. The third-order valence-corrected chi connectivity index (χ3v) is 7.03. The van der Waals surface area contributed by atoms with Crippen LogP contribution < -0.4 is 15.5 Å². The van der Waals surface area contributed by atoms with Crippen molar-refractivity contribution < 1.29 is 14.4 Å². The number of carbonyl (C=O) groups excluding carboxylic acids is 3. The molecule has 4 aromatic rings. The second kappa shape index (κ2) is 10.9. The van der Waals surface area contributed by atoms with Gasteiger partial charge in [0, 0.05) is 28.7 Å². The predicted molar refractivity (Wildman–Crippen MR) is 145 cm³/mol. The fourth-order valence-electron chi connectivity index (χ4n) is 3.89. The van der Waals surface area contributed by atoms with Crippen molar-refractivity contribution in [1.29, 1.82) is 0 Å². The quantitative estimate of drug-likeness (QED) is 0.338. The number of nitrogens with zero attached hydrogens (tertiary/aromatic N) is 4. The summed E-state index contributed by atoms with van der Waals surface area (Å²) in [6.07, 6.45) is 0.722. The zero-order valence-corrected chi connectivity index (χ0v) is 22.1. The van der Waals surface area contributed by atoms with Gasteiger partial charge in [-0.15, -0.1) is 16.4 Å². The Morgan fingerprint density at radius 1 is 1.05 bits per heavy atom. The molecule has 0 fully saturated rings. The average Bonchev–Trinajstić information content (AvgIpc) is 3.53. The van der Waals surface area contributed by atoms with Crippen molar-refractivity contribution >= 4 is 51.5 Å². The molecule has 10 heteroatoms. The van der Waals surface area contributed by atoms with Crippen LogP contribution in [-0.4, -0.2) is 38.3 Å². The molecule has 2 N–H and O–H groups in total. The summed E-state index contributed by atoms with van der Waals surface area (Å²) in [4.78, 5) is 41.5. The normalized spacial score (nSPS) is 12.2. The van der Waals surface area contributed by atoms with E-state index in [9.17, 15) is 14.4 Å². The van der Waals surface area contributed by atoms with Crippen LogP contribution >= 0.6 is 11.3 Å². The lowest BCUT2D eigenvalue weighted by Gasteiger charge is -2.34. The highest BCUT2D eigenvalue weighted by atomic mass is 32.1. The fourth-order valence-corrected chi connectivity index (χ4v) is 4.71. The molecular formula is C27H30N6O3S. The summed E-state index contributed by atoms with van der Waals surface area (Å²) < 4.78 is 1.54. The molecule has 0 radical (unpaired) electrons. The Balaban J connectivity index is 1.77. The number of hydrogen-bond donors (Lipinski definition) is 2. The molecule has 9 nitrogen and oxygen atoms in total. The van der Waals surface area contributed by atoms with Gasteiger partial charge in [0.15, 0.2) is 0 Å². The maximum Gasteiger partial charge on any atom is 0.249 e. The molecule has 0 aliphatic rings. The minimum atomic E-state index is -0.903. The first kappa shape index (κ1) is 26.0. The number of nitrogens with one attached hydrogen (secondary N) is 2. The number of thiophene rings is 1. The second-order valence-corrected chi connectivity index (χ2v) is 10.4. The summed E-state index contributed by atoms with van der Waals surface area (Å²) in [6.45, 7) is 7.22. The van der Waals surface area contributed by atoms with Crippen molar-refractivity contribution in [2.24, 2.45) is 0 Å². The van der Waals surface area contributed by atoms with Crippen molar-refractivity contribution in [2.45, 2.75) is 52.2 Å². The average molecular weight is 519 g/mol. The molecular weight excluding hydrogens is 488 g/mol. The molecule has 192 valence electrons. The third kappa shape index (κ3) is 6.03. The van der Waals surface area contributed by atoms with Crippen LogP contribution in [0.2, 0.25) is 0 Å². The van der Waals surface area contributed by atoms with Gasteiger partial charge in [0.25, 0.3) is 0 Å². The van der Waals surface area contributed by atoms with E-state index >= 15 is 0 Å². The SMILES string of the molecule is CCC(C)(C)NC(=O)C(c1cccs1)N(C(=O)Cn1nnc2ccccc21)c1ccc(NC(C)=O)cc1. The smallest absolute Gasteiger partial charge is 0.249 e. The minimum absolute atomic E-state index is 0.111. The predicted octanol–water partition coefficient (Wildman–Crippen LogP) is 4.53. The topological polar surface area (TPSA) is 109 Å². The van der Waals surface area contributed by atoms with E-state index in [1.54, 1.807) is 24.3 Å². The number of fused-ring (bicyclic) bond motifs is 1. The summed E-state index contributed by atoms with van der Waals surface area (Å²) in [7, 11) is 0. The second-order valence-electron chi connectivity index (χ2n) is 9.37. The maximum absolute atomic E-state index is 14.0. The lowest BCUT2D eigenvalue weighted by molar-refractivity contribution is -0.128. The van der Waals surface area contributed by atoms with Gasteiger partial charge in [-0.2, -0.15) is 0 Å². The summed E-state index contributed by atoms with van der Waals surface area (Å²) >= 11 is 1.41. The van der Waals surface area contributed by atoms with Gasteiger partial charge in [-0.25, -0.2) is 4.68 Å². The Bertz CT molecular complexity index is 1400. The van der Waals surface area contributed by atoms with E-state index in [4.69, 9.17) is 0 Å². The number of carbonyl (C=O) groups is 3. The van der Waals surface area contributed by atoms with E-state index in [0.29, 0.717) is 16.9 Å². The molecule has 37 heavy (non-hydrogen) atoms. The van der Waals surface area contributed by atoms with Gasteiger partial charge in [0.05, 0.1) is 5.52 Å². The summed E-state index contributed by atoms with van der Waals surface area (Å²) in [6, 6.07) is 17.1. The van der Waals surface area contributed by atoms with Crippen LogP contribution in [0.1, 0.15) is 45.0 Å². The molecule has 0 saturated heterocycles. The Morgan fingerprint density at radius 3 is 2.43 bits per heavy atom. The van der Waals surface area contributed by atoms with E-state index in [1.807, 2.05) is 62.5 Å². The minimum Gasteiger partial charge on any atom is -0.349 e.